The van der Waals surface area contributed by atoms with E-state index in [1.807, 2.05) is 0 Å². The Kier molecular flexibility index (Phi) is 5.60. The monoisotopic (exact) mass is 269 g/mol. The molecule has 0 aliphatic carbocycles. The van der Waals surface area contributed by atoms with Crippen LogP contribution in [0.15, 0.2) is 0 Å². The summed E-state index contributed by atoms with van der Waals surface area (Å²) in [5.41, 5.74) is 0. The molecule has 19 heavy (non-hydrogen) atoms. The molecule has 2 saturated heterocycles. The van der Waals surface area contributed by atoms with E-state index < -0.39 is 0 Å². The molecule has 2 heterocycles. The number of amides is 2. The van der Waals surface area contributed by atoms with Gasteiger partial charge < -0.3 is 20.7 Å². The number of carbonyl (C=O) groups is 2. The number of carbonyl (C=O) groups excluding carboxylic acids is 2. The fourth-order valence-corrected chi connectivity index (χ4v) is 2.44. The predicted octanol–water partition coefficient (Wildman–Crippen LogP) is -0.460. The highest BCUT2D eigenvalue weighted by molar-refractivity contribution is 5.78. The topological polar surface area (TPSA) is 79.5 Å². The summed E-state index contributed by atoms with van der Waals surface area (Å²) >= 11 is 0. The molecule has 108 valence electrons. The summed E-state index contributed by atoms with van der Waals surface area (Å²) in [5.74, 6) is 0.0785. The van der Waals surface area contributed by atoms with Crippen molar-refractivity contribution in [3.63, 3.8) is 0 Å². The molecule has 0 bridgehead atoms. The molecular formula is C13H23N3O3. The smallest absolute Gasteiger partial charge is 0.222 e. The molecule has 1 atom stereocenters. The van der Waals surface area contributed by atoms with Gasteiger partial charge in [-0.25, -0.2) is 0 Å². The first-order valence-electron chi connectivity index (χ1n) is 7.12. The number of nitrogens with one attached hydrogen (secondary N) is 3. The van der Waals surface area contributed by atoms with Crippen LogP contribution in [-0.2, 0) is 14.3 Å². The molecule has 1 unspecified atom stereocenters. The van der Waals surface area contributed by atoms with Gasteiger partial charge in [0.15, 0.2) is 0 Å². The van der Waals surface area contributed by atoms with Crippen molar-refractivity contribution < 1.29 is 14.3 Å². The lowest BCUT2D eigenvalue weighted by Crippen LogP contribution is -2.47. The van der Waals surface area contributed by atoms with Crippen LogP contribution in [0.25, 0.3) is 0 Å². The fourth-order valence-electron chi connectivity index (χ4n) is 2.44. The first-order valence-corrected chi connectivity index (χ1v) is 7.12. The quantitative estimate of drug-likeness (QED) is 0.631. The molecule has 0 radical (unpaired) electrons. The summed E-state index contributed by atoms with van der Waals surface area (Å²) in [5, 5.41) is 8.96. The summed E-state index contributed by atoms with van der Waals surface area (Å²) < 4.78 is 5.69. The Morgan fingerprint density at radius 1 is 1.32 bits per heavy atom. The summed E-state index contributed by atoms with van der Waals surface area (Å²) in [6.45, 7) is 3.02. The Bertz CT molecular complexity index is 306. The van der Waals surface area contributed by atoms with Crippen molar-refractivity contribution in [3.05, 3.63) is 0 Å². The fraction of sp³-hybridized carbons (Fsp3) is 0.846. The van der Waals surface area contributed by atoms with Crippen molar-refractivity contribution in [1.82, 2.24) is 16.0 Å². The van der Waals surface area contributed by atoms with E-state index in [4.69, 9.17) is 4.74 Å². The van der Waals surface area contributed by atoms with Crippen LogP contribution in [0, 0.1) is 0 Å². The Morgan fingerprint density at radius 3 is 2.79 bits per heavy atom. The van der Waals surface area contributed by atoms with E-state index in [1.54, 1.807) is 0 Å². The molecule has 6 nitrogen and oxygen atoms in total. The summed E-state index contributed by atoms with van der Waals surface area (Å²) in [6.07, 6.45) is 3.97. The predicted molar refractivity (Wildman–Crippen MR) is 70.6 cm³/mol. The first-order chi connectivity index (χ1) is 9.24. The van der Waals surface area contributed by atoms with Gasteiger partial charge in [0.25, 0.3) is 0 Å². The van der Waals surface area contributed by atoms with Gasteiger partial charge in [0.05, 0.1) is 12.7 Å². The van der Waals surface area contributed by atoms with Crippen LogP contribution in [-0.4, -0.2) is 50.2 Å². The van der Waals surface area contributed by atoms with E-state index in [0.29, 0.717) is 32.1 Å². The van der Waals surface area contributed by atoms with Gasteiger partial charge in [0, 0.05) is 25.4 Å². The number of hydrogen-bond acceptors (Lipinski definition) is 4. The van der Waals surface area contributed by atoms with Gasteiger partial charge in [-0.3, -0.25) is 9.59 Å². The van der Waals surface area contributed by atoms with E-state index in [2.05, 4.69) is 16.0 Å². The molecule has 0 saturated carbocycles. The van der Waals surface area contributed by atoms with Crippen LogP contribution >= 0.6 is 0 Å². The Morgan fingerprint density at radius 2 is 2.11 bits per heavy atom. The third-order valence-electron chi connectivity index (χ3n) is 3.60. The number of rotatable bonds is 5. The van der Waals surface area contributed by atoms with E-state index >= 15 is 0 Å². The molecule has 6 heteroatoms. The Balaban J connectivity index is 1.55. The van der Waals surface area contributed by atoms with Crippen LogP contribution in [0.5, 0.6) is 0 Å². The summed E-state index contributed by atoms with van der Waals surface area (Å²) in [6, 6.07) is 0.0732. The van der Waals surface area contributed by atoms with Crippen molar-refractivity contribution in [2.75, 3.05) is 26.2 Å². The molecule has 2 aliphatic rings. The Labute approximate surface area is 113 Å². The molecule has 2 aliphatic heterocycles. The minimum atomic E-state index is 0.00934. The summed E-state index contributed by atoms with van der Waals surface area (Å²) in [4.78, 5) is 22.7. The maximum absolute atomic E-state index is 11.7. The zero-order valence-corrected chi connectivity index (χ0v) is 11.2. The molecule has 0 aromatic rings. The highest BCUT2D eigenvalue weighted by atomic mass is 16.5. The highest BCUT2D eigenvalue weighted by Crippen LogP contribution is 2.07. The number of hydrogen-bond donors (Lipinski definition) is 3. The second kappa shape index (κ2) is 7.45. The SMILES string of the molecule is O=C1CCC(NC(=O)CCOC2CCNCC2)CN1. The molecule has 2 fully saturated rings. The zero-order chi connectivity index (χ0) is 13.5. The van der Waals surface area contributed by atoms with Gasteiger partial charge in [-0.1, -0.05) is 0 Å². The normalized spacial score (nSPS) is 24.8. The van der Waals surface area contributed by atoms with Crippen LogP contribution < -0.4 is 16.0 Å². The average molecular weight is 269 g/mol. The minimum Gasteiger partial charge on any atom is -0.378 e. The molecular weight excluding hydrogens is 246 g/mol. The molecule has 2 rings (SSSR count). The van der Waals surface area contributed by atoms with Gasteiger partial charge in [-0.05, 0) is 32.4 Å². The molecule has 3 N–H and O–H groups in total. The number of ether oxygens (including phenoxy) is 1. The zero-order valence-electron chi connectivity index (χ0n) is 11.2. The molecule has 0 aromatic carbocycles. The maximum atomic E-state index is 11.7. The van der Waals surface area contributed by atoms with Gasteiger partial charge in [-0.15, -0.1) is 0 Å². The van der Waals surface area contributed by atoms with Gasteiger partial charge >= 0.3 is 0 Å². The molecule has 0 spiro atoms. The lowest BCUT2D eigenvalue weighted by Gasteiger charge is -2.24. The Hall–Kier alpha value is -1.14. The second-order valence-corrected chi connectivity index (χ2v) is 5.18. The maximum Gasteiger partial charge on any atom is 0.222 e. The van der Waals surface area contributed by atoms with Crippen molar-refractivity contribution in [2.24, 2.45) is 0 Å². The molecule has 0 aromatic heterocycles. The largest absolute Gasteiger partial charge is 0.378 e. The summed E-state index contributed by atoms with van der Waals surface area (Å²) in [7, 11) is 0. The third-order valence-corrected chi connectivity index (χ3v) is 3.60. The van der Waals surface area contributed by atoms with Crippen LogP contribution in [0.4, 0.5) is 0 Å². The van der Waals surface area contributed by atoms with Gasteiger partial charge in [0.2, 0.25) is 11.8 Å². The standard InChI is InChI=1S/C13H23N3O3/c17-12-2-1-10(9-15-12)16-13(18)5-8-19-11-3-6-14-7-4-11/h10-11,14H,1-9H2,(H,15,17)(H,16,18). The third kappa shape index (κ3) is 5.16. The highest BCUT2D eigenvalue weighted by Gasteiger charge is 2.19. The first kappa shape index (κ1) is 14.3. The van der Waals surface area contributed by atoms with Crippen molar-refractivity contribution in [3.8, 4) is 0 Å². The van der Waals surface area contributed by atoms with E-state index in [0.717, 1.165) is 32.4 Å². The molecule has 2 amide bonds. The van der Waals surface area contributed by atoms with Crippen LogP contribution in [0.2, 0.25) is 0 Å². The van der Waals surface area contributed by atoms with Gasteiger partial charge in [-0.2, -0.15) is 0 Å². The van der Waals surface area contributed by atoms with Crippen molar-refractivity contribution in [2.45, 2.75) is 44.2 Å². The lowest BCUT2D eigenvalue weighted by atomic mass is 10.1. The van der Waals surface area contributed by atoms with Crippen LogP contribution in [0.1, 0.15) is 32.1 Å². The van der Waals surface area contributed by atoms with E-state index in [1.165, 1.54) is 0 Å². The van der Waals surface area contributed by atoms with Gasteiger partial charge in [0.1, 0.15) is 0 Å². The second-order valence-electron chi connectivity index (χ2n) is 5.18. The lowest BCUT2D eigenvalue weighted by molar-refractivity contribution is -0.126. The van der Waals surface area contributed by atoms with E-state index in [-0.39, 0.29) is 17.9 Å². The average Bonchev–Trinajstić information content (AvgIpc) is 2.43. The number of piperidine rings is 2. The van der Waals surface area contributed by atoms with Crippen molar-refractivity contribution in [1.29, 1.82) is 0 Å². The van der Waals surface area contributed by atoms with Crippen molar-refractivity contribution >= 4 is 11.8 Å². The van der Waals surface area contributed by atoms with E-state index in [9.17, 15) is 9.59 Å². The van der Waals surface area contributed by atoms with Crippen LogP contribution in [0.3, 0.4) is 0 Å². The minimum absolute atomic E-state index is 0.00934.